The van der Waals surface area contributed by atoms with E-state index in [0.717, 1.165) is 34.3 Å². The number of hydrogen-bond donors (Lipinski definition) is 1. The summed E-state index contributed by atoms with van der Waals surface area (Å²) in [6.45, 7) is 6.07. The highest BCUT2D eigenvalue weighted by Gasteiger charge is 2.08. The Bertz CT molecular complexity index is 572. The zero-order valence-corrected chi connectivity index (χ0v) is 12.6. The number of aromatic nitrogens is 1. The lowest BCUT2D eigenvalue weighted by molar-refractivity contribution is 0.297. The van der Waals surface area contributed by atoms with Crippen molar-refractivity contribution in [3.63, 3.8) is 0 Å². The molecule has 1 N–H and O–H groups in total. The van der Waals surface area contributed by atoms with Crippen LogP contribution >= 0.6 is 11.6 Å². The molecule has 0 saturated carbocycles. The van der Waals surface area contributed by atoms with E-state index in [1.54, 1.807) is 0 Å². The highest BCUT2D eigenvalue weighted by atomic mass is 35.5. The van der Waals surface area contributed by atoms with E-state index >= 15 is 0 Å². The van der Waals surface area contributed by atoms with Crippen LogP contribution in [-0.4, -0.2) is 11.5 Å². The molecule has 4 heteroatoms. The summed E-state index contributed by atoms with van der Waals surface area (Å²) in [5, 5.41) is 4.00. The molecule has 0 aliphatic heterocycles. The lowest BCUT2D eigenvalue weighted by Crippen LogP contribution is -2.13. The minimum absolute atomic E-state index is 0.446. The molecule has 1 heterocycles. The topological polar surface area (TPSA) is 34.1 Å². The van der Waals surface area contributed by atoms with E-state index in [9.17, 15) is 0 Å². The Labute approximate surface area is 124 Å². The molecular formula is C16H19ClN2O. The van der Waals surface area contributed by atoms with Crippen molar-refractivity contribution in [3.8, 4) is 5.75 Å². The first-order valence-corrected chi connectivity index (χ1v) is 7.12. The van der Waals surface area contributed by atoms with Crippen molar-refractivity contribution in [2.75, 3.05) is 6.54 Å². The first kappa shape index (κ1) is 14.8. The van der Waals surface area contributed by atoms with Gasteiger partial charge in [0, 0.05) is 22.8 Å². The summed E-state index contributed by atoms with van der Waals surface area (Å²) in [6.07, 6.45) is 0. The van der Waals surface area contributed by atoms with E-state index in [4.69, 9.17) is 16.3 Å². The predicted molar refractivity (Wildman–Crippen MR) is 82.1 cm³/mol. The summed E-state index contributed by atoms with van der Waals surface area (Å²) in [7, 11) is 0. The second kappa shape index (κ2) is 7.27. The summed E-state index contributed by atoms with van der Waals surface area (Å²) >= 11 is 6.24. The van der Waals surface area contributed by atoms with E-state index in [0.29, 0.717) is 13.2 Å². The third-order valence-electron chi connectivity index (χ3n) is 2.95. The van der Waals surface area contributed by atoms with Gasteiger partial charge in [0.1, 0.15) is 12.4 Å². The summed E-state index contributed by atoms with van der Waals surface area (Å²) < 4.78 is 5.87. The number of aryl methyl sites for hydroxylation is 1. The van der Waals surface area contributed by atoms with Gasteiger partial charge >= 0.3 is 0 Å². The predicted octanol–water partition coefficient (Wildman–Crippen LogP) is 3.73. The Morgan fingerprint density at radius 1 is 1.20 bits per heavy atom. The molecule has 0 bridgehead atoms. The van der Waals surface area contributed by atoms with Crippen molar-refractivity contribution < 1.29 is 4.74 Å². The maximum atomic E-state index is 6.24. The average molecular weight is 291 g/mol. The molecule has 106 valence electrons. The number of nitrogens with one attached hydrogen (secondary N) is 1. The maximum Gasteiger partial charge on any atom is 0.130 e. The molecule has 3 nitrogen and oxygen atoms in total. The van der Waals surface area contributed by atoms with Crippen molar-refractivity contribution in [1.82, 2.24) is 10.3 Å². The molecule has 0 fully saturated rings. The van der Waals surface area contributed by atoms with E-state index in [1.165, 1.54) is 0 Å². The Hall–Kier alpha value is -1.58. The van der Waals surface area contributed by atoms with Gasteiger partial charge in [-0.2, -0.15) is 0 Å². The van der Waals surface area contributed by atoms with Gasteiger partial charge in [-0.05, 0) is 37.7 Å². The number of rotatable bonds is 6. The molecule has 0 saturated heterocycles. The molecule has 20 heavy (non-hydrogen) atoms. The van der Waals surface area contributed by atoms with Crippen LogP contribution in [-0.2, 0) is 13.2 Å². The van der Waals surface area contributed by atoms with Gasteiger partial charge in [-0.15, -0.1) is 0 Å². The Balaban J connectivity index is 2.10. The van der Waals surface area contributed by atoms with E-state index in [2.05, 4.69) is 17.2 Å². The molecular weight excluding hydrogens is 272 g/mol. The van der Waals surface area contributed by atoms with E-state index in [-0.39, 0.29) is 0 Å². The van der Waals surface area contributed by atoms with Crippen LogP contribution < -0.4 is 10.1 Å². The zero-order valence-electron chi connectivity index (χ0n) is 11.8. The largest absolute Gasteiger partial charge is 0.487 e. The van der Waals surface area contributed by atoms with Crippen LogP contribution in [0.1, 0.15) is 23.9 Å². The van der Waals surface area contributed by atoms with Gasteiger partial charge in [0.15, 0.2) is 0 Å². The van der Waals surface area contributed by atoms with Crippen LogP contribution in [0.3, 0.4) is 0 Å². The molecule has 0 unspecified atom stereocenters. The van der Waals surface area contributed by atoms with Crippen molar-refractivity contribution in [2.45, 2.75) is 27.0 Å². The van der Waals surface area contributed by atoms with Gasteiger partial charge in [-0.25, -0.2) is 0 Å². The zero-order chi connectivity index (χ0) is 14.4. The van der Waals surface area contributed by atoms with E-state index in [1.807, 2.05) is 43.3 Å². The highest BCUT2D eigenvalue weighted by molar-refractivity contribution is 6.31. The van der Waals surface area contributed by atoms with Crippen LogP contribution in [0.5, 0.6) is 5.75 Å². The van der Waals surface area contributed by atoms with Crippen LogP contribution in [0.15, 0.2) is 36.4 Å². The number of nitrogens with zero attached hydrogens (tertiary/aromatic N) is 1. The normalized spacial score (nSPS) is 10.6. The molecule has 2 rings (SSSR count). The Morgan fingerprint density at radius 3 is 2.75 bits per heavy atom. The smallest absolute Gasteiger partial charge is 0.130 e. The van der Waals surface area contributed by atoms with Crippen LogP contribution in [0.2, 0.25) is 5.02 Å². The third-order valence-corrected chi connectivity index (χ3v) is 3.30. The molecule has 0 aliphatic rings. The summed E-state index contributed by atoms with van der Waals surface area (Å²) in [6, 6.07) is 11.6. The fourth-order valence-corrected chi connectivity index (χ4v) is 2.16. The Kier molecular flexibility index (Phi) is 5.39. The maximum absolute atomic E-state index is 6.24. The van der Waals surface area contributed by atoms with Crippen molar-refractivity contribution in [2.24, 2.45) is 0 Å². The summed E-state index contributed by atoms with van der Waals surface area (Å²) in [5.41, 5.74) is 2.90. The lowest BCUT2D eigenvalue weighted by Gasteiger charge is -2.13. The highest BCUT2D eigenvalue weighted by Crippen LogP contribution is 2.26. The standard InChI is InChI=1S/C16H19ClN2O/c1-3-18-10-14-15(17)8-5-9-16(14)20-11-13-7-4-6-12(2)19-13/h4-9,18H,3,10-11H2,1-2H3. The number of ether oxygens (including phenoxy) is 1. The number of benzene rings is 1. The van der Waals surface area contributed by atoms with Crippen LogP contribution in [0.4, 0.5) is 0 Å². The lowest BCUT2D eigenvalue weighted by atomic mass is 10.2. The molecule has 0 aliphatic carbocycles. The van der Waals surface area contributed by atoms with Gasteiger partial charge in [-0.3, -0.25) is 4.98 Å². The third kappa shape index (κ3) is 3.95. The number of halogens is 1. The van der Waals surface area contributed by atoms with Gasteiger partial charge in [0.2, 0.25) is 0 Å². The summed E-state index contributed by atoms with van der Waals surface area (Å²) in [4.78, 5) is 4.43. The van der Waals surface area contributed by atoms with Gasteiger partial charge in [0.05, 0.1) is 5.69 Å². The second-order valence-corrected chi connectivity index (χ2v) is 4.96. The molecule has 2 aromatic rings. The van der Waals surface area contributed by atoms with Crippen molar-refractivity contribution >= 4 is 11.6 Å². The molecule has 1 aromatic carbocycles. The monoisotopic (exact) mass is 290 g/mol. The first-order chi connectivity index (χ1) is 9.70. The van der Waals surface area contributed by atoms with Crippen molar-refractivity contribution in [3.05, 3.63) is 58.4 Å². The number of hydrogen-bond acceptors (Lipinski definition) is 3. The molecule has 0 amide bonds. The number of pyridine rings is 1. The van der Waals surface area contributed by atoms with Crippen LogP contribution in [0, 0.1) is 6.92 Å². The molecule has 0 atom stereocenters. The molecule has 1 aromatic heterocycles. The average Bonchev–Trinajstić information content (AvgIpc) is 2.44. The minimum Gasteiger partial charge on any atom is -0.487 e. The van der Waals surface area contributed by atoms with Gasteiger partial charge < -0.3 is 10.1 Å². The van der Waals surface area contributed by atoms with E-state index < -0.39 is 0 Å². The second-order valence-electron chi connectivity index (χ2n) is 4.56. The Morgan fingerprint density at radius 2 is 2.00 bits per heavy atom. The fraction of sp³-hybridized carbons (Fsp3) is 0.312. The molecule has 0 radical (unpaired) electrons. The van der Waals surface area contributed by atoms with Gasteiger partial charge in [0.25, 0.3) is 0 Å². The SMILES string of the molecule is CCNCc1c(Cl)cccc1OCc1cccc(C)n1. The first-order valence-electron chi connectivity index (χ1n) is 6.74. The summed E-state index contributed by atoms with van der Waals surface area (Å²) in [5.74, 6) is 0.807. The van der Waals surface area contributed by atoms with Crippen molar-refractivity contribution in [1.29, 1.82) is 0 Å². The molecule has 0 spiro atoms. The quantitative estimate of drug-likeness (QED) is 0.880. The van der Waals surface area contributed by atoms with Gasteiger partial charge in [-0.1, -0.05) is 30.7 Å². The van der Waals surface area contributed by atoms with Crippen LogP contribution in [0.25, 0.3) is 0 Å². The fourth-order valence-electron chi connectivity index (χ4n) is 1.93. The minimum atomic E-state index is 0.446.